The van der Waals surface area contributed by atoms with Crippen LogP contribution in [0.1, 0.15) is 28.3 Å². The predicted molar refractivity (Wildman–Crippen MR) is 118 cm³/mol. The lowest BCUT2D eigenvalue weighted by Gasteiger charge is -2.18. The number of nitrogens with zero attached hydrogens (tertiary/aromatic N) is 1. The van der Waals surface area contributed by atoms with Gasteiger partial charge in [-0.1, -0.05) is 47.5 Å². The maximum Gasteiger partial charge on any atom is 0.248 e. The van der Waals surface area contributed by atoms with Gasteiger partial charge in [0, 0.05) is 30.1 Å². The summed E-state index contributed by atoms with van der Waals surface area (Å²) in [5.74, 6) is 0.388. The molecule has 0 bridgehead atoms. The molecule has 2 amide bonds. The van der Waals surface area contributed by atoms with Crippen molar-refractivity contribution >= 4 is 40.7 Å². The Balaban J connectivity index is 1.58. The molecule has 4 rings (SSSR count). The molecule has 0 spiro atoms. The zero-order chi connectivity index (χ0) is 21.3. The van der Waals surface area contributed by atoms with E-state index < -0.39 is 5.91 Å². The Morgan fingerprint density at radius 1 is 0.967 bits per heavy atom. The van der Waals surface area contributed by atoms with Gasteiger partial charge in [-0.25, -0.2) is 0 Å². The van der Waals surface area contributed by atoms with Crippen LogP contribution in [0.4, 0.5) is 5.69 Å². The lowest BCUT2D eigenvalue weighted by Crippen LogP contribution is -2.24. The number of carbonyl (C=O) groups is 2. The molecule has 152 valence electrons. The number of hydrogen-bond acceptors (Lipinski definition) is 3. The van der Waals surface area contributed by atoms with Crippen LogP contribution in [0, 0.1) is 0 Å². The fourth-order valence-corrected chi connectivity index (χ4v) is 3.84. The molecule has 2 N–H and O–H groups in total. The fourth-order valence-electron chi connectivity index (χ4n) is 3.51. The zero-order valence-electron chi connectivity index (χ0n) is 15.8. The summed E-state index contributed by atoms with van der Waals surface area (Å²) < 4.78 is 5.91. The minimum Gasteiger partial charge on any atom is -0.454 e. The number of para-hydroxylation sites is 1. The van der Waals surface area contributed by atoms with Gasteiger partial charge in [0.15, 0.2) is 0 Å². The number of hydrogen-bond donors (Lipinski definition) is 1. The highest BCUT2D eigenvalue weighted by atomic mass is 35.5. The molecule has 5 nitrogen and oxygen atoms in total. The Kier molecular flexibility index (Phi) is 5.66. The average Bonchev–Trinajstić information content (AvgIpc) is 3.13. The summed E-state index contributed by atoms with van der Waals surface area (Å²) in [5, 5.41) is 0.935. The minimum absolute atomic E-state index is 0.0230. The van der Waals surface area contributed by atoms with E-state index in [0.29, 0.717) is 45.8 Å². The van der Waals surface area contributed by atoms with Crippen molar-refractivity contribution in [1.82, 2.24) is 0 Å². The fraction of sp³-hybridized carbons (Fsp3) is 0.130. The minimum atomic E-state index is -0.529. The predicted octanol–water partition coefficient (Wildman–Crippen LogP) is 5.41. The summed E-state index contributed by atoms with van der Waals surface area (Å²) in [7, 11) is 0. The third-order valence-corrected chi connectivity index (χ3v) is 5.68. The molecule has 30 heavy (non-hydrogen) atoms. The molecule has 0 aromatic heterocycles. The van der Waals surface area contributed by atoms with Gasteiger partial charge in [-0.3, -0.25) is 9.59 Å². The van der Waals surface area contributed by atoms with Crippen LogP contribution in [0.3, 0.4) is 0 Å². The third kappa shape index (κ3) is 4.13. The quantitative estimate of drug-likeness (QED) is 0.576. The molecule has 0 saturated carbocycles. The van der Waals surface area contributed by atoms with Gasteiger partial charge in [0.05, 0.1) is 10.0 Å². The first-order valence-corrected chi connectivity index (χ1v) is 10.1. The van der Waals surface area contributed by atoms with Crippen LogP contribution in [0.25, 0.3) is 0 Å². The highest BCUT2D eigenvalue weighted by Crippen LogP contribution is 2.38. The number of nitrogens with two attached hydrogens (primary N) is 1. The molecule has 1 fully saturated rings. The van der Waals surface area contributed by atoms with Crippen LogP contribution in [0.2, 0.25) is 10.0 Å². The summed E-state index contributed by atoms with van der Waals surface area (Å²) in [6.45, 7) is 0.480. The zero-order valence-corrected chi connectivity index (χ0v) is 17.4. The van der Waals surface area contributed by atoms with E-state index >= 15 is 0 Å². The van der Waals surface area contributed by atoms with E-state index in [-0.39, 0.29) is 11.8 Å². The van der Waals surface area contributed by atoms with E-state index in [1.807, 2.05) is 24.3 Å². The van der Waals surface area contributed by atoms with Gasteiger partial charge in [-0.05, 0) is 48.0 Å². The van der Waals surface area contributed by atoms with Gasteiger partial charge in [-0.15, -0.1) is 0 Å². The van der Waals surface area contributed by atoms with Gasteiger partial charge >= 0.3 is 0 Å². The van der Waals surface area contributed by atoms with Crippen molar-refractivity contribution < 1.29 is 14.3 Å². The largest absolute Gasteiger partial charge is 0.454 e. The summed E-state index contributed by atoms with van der Waals surface area (Å²) in [6, 6.07) is 19.4. The highest BCUT2D eigenvalue weighted by molar-refractivity contribution is 6.32. The normalized spacial score (nSPS) is 16.0. The summed E-state index contributed by atoms with van der Waals surface area (Å²) in [4.78, 5) is 25.8. The van der Waals surface area contributed by atoms with E-state index in [1.54, 1.807) is 47.4 Å². The molecule has 0 unspecified atom stereocenters. The number of anilines is 1. The smallest absolute Gasteiger partial charge is 0.248 e. The molecule has 1 heterocycles. The van der Waals surface area contributed by atoms with E-state index in [1.165, 1.54) is 0 Å². The maximum atomic E-state index is 12.7. The average molecular weight is 441 g/mol. The molecule has 1 saturated heterocycles. The van der Waals surface area contributed by atoms with Crippen LogP contribution in [0.5, 0.6) is 11.5 Å². The lowest BCUT2D eigenvalue weighted by atomic mass is 9.98. The topological polar surface area (TPSA) is 72.6 Å². The second-order valence-corrected chi connectivity index (χ2v) is 7.86. The van der Waals surface area contributed by atoms with Crippen LogP contribution >= 0.6 is 23.2 Å². The first-order valence-electron chi connectivity index (χ1n) is 9.34. The van der Waals surface area contributed by atoms with Crippen molar-refractivity contribution in [2.24, 2.45) is 5.73 Å². The number of carbonyl (C=O) groups excluding carboxylic acids is 2. The number of primary amides is 1. The molecule has 3 aromatic carbocycles. The number of rotatable bonds is 5. The Morgan fingerprint density at radius 3 is 2.50 bits per heavy atom. The molecule has 1 atom stereocenters. The maximum absolute atomic E-state index is 12.7. The van der Waals surface area contributed by atoms with Crippen molar-refractivity contribution in [3.05, 3.63) is 87.9 Å². The highest BCUT2D eigenvalue weighted by Gasteiger charge is 2.32. The number of ether oxygens (including phenoxy) is 1. The molecule has 0 radical (unpaired) electrons. The Bertz CT molecular complexity index is 1130. The second kappa shape index (κ2) is 8.38. The Hall–Kier alpha value is -3.02. The number of amides is 2. The van der Waals surface area contributed by atoms with E-state index in [2.05, 4.69) is 0 Å². The van der Waals surface area contributed by atoms with Gasteiger partial charge in [-0.2, -0.15) is 0 Å². The van der Waals surface area contributed by atoms with Gasteiger partial charge in [0.2, 0.25) is 11.8 Å². The number of halogens is 2. The lowest BCUT2D eigenvalue weighted by molar-refractivity contribution is -0.117. The molecule has 3 aromatic rings. The molecular formula is C23H18Cl2N2O3. The van der Waals surface area contributed by atoms with Crippen molar-refractivity contribution in [3.8, 4) is 11.5 Å². The molecule has 1 aliphatic heterocycles. The van der Waals surface area contributed by atoms with Crippen LogP contribution in [-0.4, -0.2) is 18.4 Å². The summed E-state index contributed by atoms with van der Waals surface area (Å²) >= 11 is 12.5. The first kappa shape index (κ1) is 20.3. The Labute approximate surface area is 184 Å². The van der Waals surface area contributed by atoms with Crippen molar-refractivity contribution in [1.29, 1.82) is 0 Å². The van der Waals surface area contributed by atoms with Gasteiger partial charge in [0.25, 0.3) is 0 Å². The van der Waals surface area contributed by atoms with Crippen molar-refractivity contribution in [2.45, 2.75) is 12.3 Å². The Morgan fingerprint density at radius 2 is 1.73 bits per heavy atom. The summed E-state index contributed by atoms with van der Waals surface area (Å²) in [5.41, 5.74) is 7.31. The first-order chi connectivity index (χ1) is 14.4. The van der Waals surface area contributed by atoms with Gasteiger partial charge in [0.1, 0.15) is 11.5 Å². The SMILES string of the molecule is NC(=O)c1cccc(N2C[C@@H](c3ccc(Cl)c(Oc4ccccc4Cl)c3)CC2=O)c1. The van der Waals surface area contributed by atoms with E-state index in [0.717, 1.165) is 5.56 Å². The van der Waals surface area contributed by atoms with Crippen molar-refractivity contribution in [2.75, 3.05) is 11.4 Å². The molecule has 1 aliphatic rings. The van der Waals surface area contributed by atoms with Crippen LogP contribution in [0.15, 0.2) is 66.7 Å². The van der Waals surface area contributed by atoms with E-state index in [4.69, 9.17) is 33.7 Å². The van der Waals surface area contributed by atoms with Crippen LogP contribution in [-0.2, 0) is 4.79 Å². The van der Waals surface area contributed by atoms with Gasteiger partial charge < -0.3 is 15.4 Å². The standard InChI is InChI=1S/C23H18Cl2N2O3/c24-18-6-1-2-7-20(18)30-21-11-14(8-9-19(21)25)16-12-22(28)27(13-16)17-5-3-4-15(10-17)23(26)29/h1-11,16H,12-13H2,(H2,26,29)/t16-/m0/s1. The van der Waals surface area contributed by atoms with E-state index in [9.17, 15) is 9.59 Å². The van der Waals surface area contributed by atoms with Crippen LogP contribution < -0.4 is 15.4 Å². The third-order valence-electron chi connectivity index (χ3n) is 5.05. The molecular weight excluding hydrogens is 423 g/mol. The number of benzene rings is 3. The van der Waals surface area contributed by atoms with Crippen molar-refractivity contribution in [3.63, 3.8) is 0 Å². The summed E-state index contributed by atoms with van der Waals surface area (Å²) in [6.07, 6.45) is 0.341. The molecule has 0 aliphatic carbocycles. The monoisotopic (exact) mass is 440 g/mol. The second-order valence-electron chi connectivity index (χ2n) is 7.04. The molecule has 7 heteroatoms.